The molecule has 0 aromatic rings. The van der Waals surface area contributed by atoms with E-state index >= 15 is 0 Å². The highest BCUT2D eigenvalue weighted by Gasteiger charge is 2.35. The number of hydrogen-bond acceptors (Lipinski definition) is 0. The maximum Gasteiger partial charge on any atom is 0.0235 e. The van der Waals surface area contributed by atoms with E-state index in [2.05, 4.69) is 34.7 Å². The van der Waals surface area contributed by atoms with E-state index in [-0.39, 0.29) is 0 Å². The van der Waals surface area contributed by atoms with Crippen LogP contribution in [0.3, 0.4) is 0 Å². The van der Waals surface area contributed by atoms with Crippen LogP contribution in [0.15, 0.2) is 12.2 Å². The van der Waals surface area contributed by atoms with Gasteiger partial charge in [-0.1, -0.05) is 34.7 Å². The molecule has 0 N–H and O–H groups in total. The summed E-state index contributed by atoms with van der Waals surface area (Å²) < 4.78 is 0.951. The Morgan fingerprint density at radius 2 is 1.62 bits per heavy atom. The van der Waals surface area contributed by atoms with Gasteiger partial charge in [0.15, 0.2) is 0 Å². The zero-order chi connectivity index (χ0) is 5.56. The van der Waals surface area contributed by atoms with Crippen molar-refractivity contribution >= 4 is 22.6 Å². The molecule has 2 bridgehead atoms. The summed E-state index contributed by atoms with van der Waals surface area (Å²) in [5.41, 5.74) is 0. The first-order valence-corrected chi connectivity index (χ1v) is 4.45. The van der Waals surface area contributed by atoms with E-state index in [1.807, 2.05) is 0 Å². The predicted octanol–water partition coefficient (Wildman–Crippen LogP) is 2.39. The fraction of sp³-hybridized carbons (Fsp3) is 0.714. The monoisotopic (exact) mass is 220 g/mol. The first-order chi connectivity index (χ1) is 3.88. The topological polar surface area (TPSA) is 0 Å². The van der Waals surface area contributed by atoms with Gasteiger partial charge in [0.25, 0.3) is 0 Å². The first kappa shape index (κ1) is 5.27. The van der Waals surface area contributed by atoms with E-state index in [0.717, 1.165) is 15.8 Å². The number of halogens is 1. The van der Waals surface area contributed by atoms with Crippen molar-refractivity contribution in [2.45, 2.75) is 16.8 Å². The van der Waals surface area contributed by atoms with Gasteiger partial charge in [0.05, 0.1) is 0 Å². The van der Waals surface area contributed by atoms with Crippen molar-refractivity contribution in [3.63, 3.8) is 0 Å². The zero-order valence-corrected chi connectivity index (χ0v) is 6.84. The smallest absolute Gasteiger partial charge is 0.0235 e. The summed E-state index contributed by atoms with van der Waals surface area (Å²) >= 11 is 2.58. The largest absolute Gasteiger partial charge is 0.0840 e. The summed E-state index contributed by atoms with van der Waals surface area (Å²) in [6.07, 6.45) is 7.69. The molecule has 8 heavy (non-hydrogen) atoms. The number of hydrogen-bond donors (Lipinski definition) is 0. The van der Waals surface area contributed by atoms with Crippen LogP contribution in [-0.2, 0) is 0 Å². The minimum Gasteiger partial charge on any atom is -0.0840 e. The molecular weight excluding hydrogens is 211 g/mol. The van der Waals surface area contributed by atoms with Gasteiger partial charge in [-0.3, -0.25) is 0 Å². The third kappa shape index (κ3) is 0.567. The summed E-state index contributed by atoms with van der Waals surface area (Å²) in [6.45, 7) is 0. The van der Waals surface area contributed by atoms with Crippen LogP contribution >= 0.6 is 22.6 Å². The maximum absolute atomic E-state index is 2.58. The van der Waals surface area contributed by atoms with Crippen LogP contribution in [-0.4, -0.2) is 3.92 Å². The zero-order valence-electron chi connectivity index (χ0n) is 4.68. The summed E-state index contributed by atoms with van der Waals surface area (Å²) in [7, 11) is 0. The summed E-state index contributed by atoms with van der Waals surface area (Å²) in [6, 6.07) is 0. The molecule has 2 rings (SSSR count). The Balaban J connectivity index is 2.27. The molecule has 2 unspecified atom stereocenters. The van der Waals surface area contributed by atoms with Crippen molar-refractivity contribution in [3.8, 4) is 0 Å². The second-order valence-corrected chi connectivity index (χ2v) is 4.17. The number of allylic oxidation sites excluding steroid dienone is 2. The molecule has 0 amide bonds. The Bertz CT molecular complexity index is 114. The Kier molecular flexibility index (Phi) is 1.14. The van der Waals surface area contributed by atoms with Crippen molar-refractivity contribution in [2.24, 2.45) is 11.8 Å². The quantitative estimate of drug-likeness (QED) is 0.334. The van der Waals surface area contributed by atoms with Gasteiger partial charge in [0.1, 0.15) is 0 Å². The van der Waals surface area contributed by atoms with Crippen molar-refractivity contribution in [3.05, 3.63) is 12.2 Å². The highest BCUT2D eigenvalue weighted by atomic mass is 127. The van der Waals surface area contributed by atoms with Gasteiger partial charge >= 0.3 is 0 Å². The number of rotatable bonds is 0. The molecule has 1 heteroatoms. The van der Waals surface area contributed by atoms with Gasteiger partial charge in [-0.05, 0) is 24.7 Å². The molecule has 0 spiro atoms. The molecule has 1 fully saturated rings. The Hall–Kier alpha value is 0.470. The molecule has 2 aliphatic carbocycles. The van der Waals surface area contributed by atoms with Crippen LogP contribution in [0, 0.1) is 11.8 Å². The minimum atomic E-state index is 0.945. The van der Waals surface area contributed by atoms with E-state index in [9.17, 15) is 0 Å². The third-order valence-electron chi connectivity index (χ3n) is 2.26. The van der Waals surface area contributed by atoms with Gasteiger partial charge < -0.3 is 0 Å². The number of alkyl halides is 1. The van der Waals surface area contributed by atoms with Crippen LogP contribution in [0.1, 0.15) is 12.8 Å². The SMILES string of the molecule is IC1C2C=CC1CC2. The van der Waals surface area contributed by atoms with Crippen molar-refractivity contribution < 1.29 is 0 Å². The molecule has 0 saturated heterocycles. The average Bonchev–Trinajstić information content (AvgIpc) is 2.29. The minimum absolute atomic E-state index is 0.945. The first-order valence-electron chi connectivity index (χ1n) is 3.20. The molecule has 0 aliphatic heterocycles. The van der Waals surface area contributed by atoms with Crippen molar-refractivity contribution in [2.75, 3.05) is 0 Å². The second-order valence-electron chi connectivity index (χ2n) is 2.73. The van der Waals surface area contributed by atoms with Crippen LogP contribution in [0.2, 0.25) is 0 Å². The maximum atomic E-state index is 2.58. The standard InChI is InChI=1S/C7H9I/c8-7-5-1-2-6(7)4-3-5/h1-2,5-7H,3-4H2. The fourth-order valence-corrected chi connectivity index (χ4v) is 2.91. The van der Waals surface area contributed by atoms with Crippen molar-refractivity contribution in [1.29, 1.82) is 0 Å². The second kappa shape index (κ2) is 1.72. The van der Waals surface area contributed by atoms with Gasteiger partial charge in [-0.15, -0.1) is 0 Å². The van der Waals surface area contributed by atoms with Crippen LogP contribution in [0.25, 0.3) is 0 Å². The van der Waals surface area contributed by atoms with Gasteiger partial charge in [-0.2, -0.15) is 0 Å². The lowest BCUT2D eigenvalue weighted by molar-refractivity contribution is 0.705. The molecule has 44 valence electrons. The lowest BCUT2D eigenvalue weighted by Gasteiger charge is -2.03. The highest BCUT2D eigenvalue weighted by Crippen LogP contribution is 2.43. The fourth-order valence-electron chi connectivity index (χ4n) is 1.71. The van der Waals surface area contributed by atoms with Crippen LogP contribution < -0.4 is 0 Å². The molecule has 2 atom stereocenters. The lowest BCUT2D eigenvalue weighted by Crippen LogP contribution is -2.02. The molecule has 0 aromatic heterocycles. The van der Waals surface area contributed by atoms with Crippen LogP contribution in [0.5, 0.6) is 0 Å². The third-order valence-corrected chi connectivity index (χ3v) is 4.10. The highest BCUT2D eigenvalue weighted by molar-refractivity contribution is 14.1. The molecular formula is C7H9I. The average molecular weight is 220 g/mol. The summed E-state index contributed by atoms with van der Waals surface area (Å²) in [5.74, 6) is 1.89. The molecule has 2 aliphatic rings. The Labute approximate surface area is 63.5 Å². The van der Waals surface area contributed by atoms with E-state index < -0.39 is 0 Å². The van der Waals surface area contributed by atoms with E-state index in [1.54, 1.807) is 0 Å². The van der Waals surface area contributed by atoms with Gasteiger partial charge in [-0.25, -0.2) is 0 Å². The molecule has 1 saturated carbocycles. The summed E-state index contributed by atoms with van der Waals surface area (Å²) in [4.78, 5) is 0. The Morgan fingerprint density at radius 3 is 1.75 bits per heavy atom. The van der Waals surface area contributed by atoms with Crippen molar-refractivity contribution in [1.82, 2.24) is 0 Å². The lowest BCUT2D eigenvalue weighted by atomic mass is 10.1. The van der Waals surface area contributed by atoms with E-state index in [0.29, 0.717) is 0 Å². The van der Waals surface area contributed by atoms with E-state index in [1.165, 1.54) is 12.8 Å². The molecule has 0 radical (unpaired) electrons. The summed E-state index contributed by atoms with van der Waals surface area (Å²) in [5, 5.41) is 0. The normalized spacial score (nSPS) is 50.9. The van der Waals surface area contributed by atoms with Gasteiger partial charge in [0, 0.05) is 3.92 Å². The van der Waals surface area contributed by atoms with Crippen LogP contribution in [0.4, 0.5) is 0 Å². The molecule has 0 aromatic carbocycles. The predicted molar refractivity (Wildman–Crippen MR) is 43.2 cm³/mol. The Morgan fingerprint density at radius 1 is 1.12 bits per heavy atom. The van der Waals surface area contributed by atoms with Gasteiger partial charge in [0.2, 0.25) is 0 Å². The molecule has 0 heterocycles. The number of fused-ring (bicyclic) bond motifs is 2. The molecule has 0 nitrogen and oxygen atoms in total. The van der Waals surface area contributed by atoms with E-state index in [4.69, 9.17) is 0 Å².